The molecule has 3 aromatic rings. The topological polar surface area (TPSA) is 68.4 Å². The number of rotatable bonds is 4. The van der Waals surface area contributed by atoms with Gasteiger partial charge in [0.2, 0.25) is 5.91 Å². The maximum absolute atomic E-state index is 12.6. The van der Waals surface area contributed by atoms with Crippen molar-refractivity contribution in [3.05, 3.63) is 64.3 Å². The normalized spacial score (nSPS) is 14.2. The summed E-state index contributed by atoms with van der Waals surface area (Å²) >= 11 is 6.07. The lowest BCUT2D eigenvalue weighted by atomic mass is 10.1. The van der Waals surface area contributed by atoms with Crippen LogP contribution >= 0.6 is 11.6 Å². The molecule has 4 rings (SSSR count). The van der Waals surface area contributed by atoms with Crippen molar-refractivity contribution in [2.75, 3.05) is 37.6 Å². The number of halogens is 1. The van der Waals surface area contributed by atoms with E-state index in [1.807, 2.05) is 50.2 Å². The second kappa shape index (κ2) is 8.40. The summed E-state index contributed by atoms with van der Waals surface area (Å²) in [6, 6.07) is 13.3. The van der Waals surface area contributed by atoms with E-state index in [1.54, 1.807) is 11.0 Å². The van der Waals surface area contributed by atoms with Crippen LogP contribution in [0.1, 0.15) is 21.6 Å². The van der Waals surface area contributed by atoms with Gasteiger partial charge in [0.1, 0.15) is 0 Å². The number of amides is 2. The second-order valence-corrected chi connectivity index (χ2v) is 8.10. The lowest BCUT2D eigenvalue weighted by Gasteiger charge is -2.36. The molecule has 0 atom stereocenters. The van der Waals surface area contributed by atoms with Gasteiger partial charge in [-0.05, 0) is 55.8 Å². The third-order valence-corrected chi connectivity index (χ3v) is 6.01. The minimum atomic E-state index is -0.235. The number of anilines is 1. The maximum atomic E-state index is 12.6. The Bertz CT molecular complexity index is 1100. The largest absolute Gasteiger partial charge is 0.368 e. The number of nitrogens with one attached hydrogen (secondary N) is 2. The summed E-state index contributed by atoms with van der Waals surface area (Å²) in [6.45, 7) is 6.76. The number of carbonyl (C=O) groups excluding carboxylic acids is 2. The molecule has 1 aromatic heterocycles. The Labute approximate surface area is 180 Å². The maximum Gasteiger partial charge on any atom is 0.251 e. The predicted octanol–water partition coefficient (Wildman–Crippen LogP) is 3.52. The van der Waals surface area contributed by atoms with E-state index in [-0.39, 0.29) is 18.4 Å². The number of carbonyl (C=O) groups is 2. The monoisotopic (exact) mass is 424 g/mol. The number of hydrogen-bond donors (Lipinski definition) is 2. The van der Waals surface area contributed by atoms with Gasteiger partial charge >= 0.3 is 0 Å². The molecule has 1 fully saturated rings. The highest BCUT2D eigenvalue weighted by molar-refractivity contribution is 6.30. The minimum Gasteiger partial charge on any atom is -0.368 e. The van der Waals surface area contributed by atoms with Gasteiger partial charge in [-0.3, -0.25) is 9.59 Å². The number of piperazine rings is 1. The van der Waals surface area contributed by atoms with E-state index in [1.165, 1.54) is 0 Å². The molecule has 30 heavy (non-hydrogen) atoms. The molecule has 2 N–H and O–H groups in total. The molecule has 0 bridgehead atoms. The van der Waals surface area contributed by atoms with Crippen molar-refractivity contribution in [2.24, 2.45) is 0 Å². The molecule has 2 heterocycles. The zero-order valence-corrected chi connectivity index (χ0v) is 17.9. The zero-order valence-electron chi connectivity index (χ0n) is 17.2. The SMILES string of the molecule is Cc1[nH]c2ccc(C(=O)NCC(=O)N3CCN(c4cccc(Cl)c4)CC3)cc2c1C. The number of aromatic amines is 1. The molecule has 1 aliphatic heterocycles. The molecule has 6 nitrogen and oxygen atoms in total. The van der Waals surface area contributed by atoms with Crippen molar-refractivity contribution in [3.63, 3.8) is 0 Å². The Morgan fingerprint density at radius 2 is 1.83 bits per heavy atom. The first-order valence-corrected chi connectivity index (χ1v) is 10.5. The number of benzene rings is 2. The molecule has 0 radical (unpaired) electrons. The van der Waals surface area contributed by atoms with Gasteiger partial charge in [-0.25, -0.2) is 0 Å². The Morgan fingerprint density at radius 3 is 2.57 bits per heavy atom. The van der Waals surface area contributed by atoms with Gasteiger partial charge in [-0.1, -0.05) is 17.7 Å². The quantitative estimate of drug-likeness (QED) is 0.673. The van der Waals surface area contributed by atoms with Gasteiger partial charge in [0.25, 0.3) is 5.91 Å². The fourth-order valence-electron chi connectivity index (χ4n) is 3.86. The van der Waals surface area contributed by atoms with Crippen LogP contribution in [0.3, 0.4) is 0 Å². The van der Waals surface area contributed by atoms with E-state index >= 15 is 0 Å². The van der Waals surface area contributed by atoms with Crippen LogP contribution in [0.4, 0.5) is 5.69 Å². The molecule has 1 saturated heterocycles. The first kappa shape index (κ1) is 20.3. The van der Waals surface area contributed by atoms with Crippen LogP contribution in [0.2, 0.25) is 5.02 Å². The number of fused-ring (bicyclic) bond motifs is 1. The van der Waals surface area contributed by atoms with E-state index in [9.17, 15) is 9.59 Å². The van der Waals surface area contributed by atoms with E-state index in [2.05, 4.69) is 15.2 Å². The third kappa shape index (κ3) is 4.14. The Kier molecular flexibility index (Phi) is 5.68. The minimum absolute atomic E-state index is 0.000811. The van der Waals surface area contributed by atoms with Crippen LogP contribution in [0, 0.1) is 13.8 Å². The smallest absolute Gasteiger partial charge is 0.251 e. The summed E-state index contributed by atoms with van der Waals surface area (Å²) in [5, 5.41) is 4.50. The summed E-state index contributed by atoms with van der Waals surface area (Å²) in [7, 11) is 0. The van der Waals surface area contributed by atoms with Crippen LogP contribution in [-0.4, -0.2) is 54.4 Å². The van der Waals surface area contributed by atoms with Crippen LogP contribution < -0.4 is 10.2 Å². The Balaban J connectivity index is 1.31. The molecule has 0 spiro atoms. The van der Waals surface area contributed by atoms with E-state index in [0.717, 1.165) is 40.9 Å². The van der Waals surface area contributed by atoms with Crippen LogP contribution in [0.5, 0.6) is 0 Å². The highest BCUT2D eigenvalue weighted by Gasteiger charge is 2.22. The lowest BCUT2D eigenvalue weighted by Crippen LogP contribution is -2.51. The first-order chi connectivity index (χ1) is 14.4. The molecule has 0 unspecified atom stereocenters. The number of nitrogens with zero attached hydrogens (tertiary/aromatic N) is 2. The van der Waals surface area contributed by atoms with Crippen molar-refractivity contribution in [2.45, 2.75) is 13.8 Å². The molecular weight excluding hydrogens is 400 g/mol. The summed E-state index contributed by atoms with van der Waals surface area (Å²) in [6.07, 6.45) is 0. The molecular formula is C23H25ClN4O2. The molecule has 2 aromatic carbocycles. The van der Waals surface area contributed by atoms with Gasteiger partial charge in [0, 0.05) is 59.0 Å². The summed E-state index contributed by atoms with van der Waals surface area (Å²) < 4.78 is 0. The van der Waals surface area contributed by atoms with Crippen LogP contribution in [0.15, 0.2) is 42.5 Å². The number of aryl methyl sites for hydroxylation is 2. The van der Waals surface area contributed by atoms with Crippen molar-refractivity contribution >= 4 is 40.0 Å². The van der Waals surface area contributed by atoms with Crippen molar-refractivity contribution < 1.29 is 9.59 Å². The lowest BCUT2D eigenvalue weighted by molar-refractivity contribution is -0.130. The highest BCUT2D eigenvalue weighted by atomic mass is 35.5. The number of hydrogen-bond acceptors (Lipinski definition) is 3. The highest BCUT2D eigenvalue weighted by Crippen LogP contribution is 2.23. The average Bonchev–Trinajstić information content (AvgIpc) is 3.05. The molecule has 1 aliphatic rings. The van der Waals surface area contributed by atoms with E-state index < -0.39 is 0 Å². The van der Waals surface area contributed by atoms with Gasteiger partial charge in [-0.2, -0.15) is 0 Å². The average molecular weight is 425 g/mol. The molecule has 7 heteroatoms. The fourth-order valence-corrected chi connectivity index (χ4v) is 4.04. The Morgan fingerprint density at radius 1 is 1.07 bits per heavy atom. The Hall–Kier alpha value is -2.99. The van der Waals surface area contributed by atoms with Gasteiger partial charge in [0.15, 0.2) is 0 Å². The van der Waals surface area contributed by atoms with Crippen LogP contribution in [0.25, 0.3) is 10.9 Å². The summed E-state index contributed by atoms with van der Waals surface area (Å²) in [5.74, 6) is -0.301. The van der Waals surface area contributed by atoms with Gasteiger partial charge in [0.05, 0.1) is 6.54 Å². The van der Waals surface area contributed by atoms with E-state index in [0.29, 0.717) is 23.7 Å². The summed E-state index contributed by atoms with van der Waals surface area (Å²) in [5.41, 5.74) is 4.86. The van der Waals surface area contributed by atoms with Crippen molar-refractivity contribution in [1.29, 1.82) is 0 Å². The molecule has 0 aliphatic carbocycles. The summed E-state index contributed by atoms with van der Waals surface area (Å²) in [4.78, 5) is 32.4. The third-order valence-electron chi connectivity index (χ3n) is 5.78. The zero-order chi connectivity index (χ0) is 21.3. The first-order valence-electron chi connectivity index (χ1n) is 10.1. The van der Waals surface area contributed by atoms with Crippen molar-refractivity contribution in [3.8, 4) is 0 Å². The predicted molar refractivity (Wildman–Crippen MR) is 120 cm³/mol. The van der Waals surface area contributed by atoms with Gasteiger partial charge in [-0.15, -0.1) is 0 Å². The molecule has 0 saturated carbocycles. The van der Waals surface area contributed by atoms with Gasteiger partial charge < -0.3 is 20.1 Å². The second-order valence-electron chi connectivity index (χ2n) is 7.67. The number of aromatic nitrogens is 1. The van der Waals surface area contributed by atoms with Crippen LogP contribution in [-0.2, 0) is 4.79 Å². The molecule has 2 amide bonds. The van der Waals surface area contributed by atoms with Crippen molar-refractivity contribution in [1.82, 2.24) is 15.2 Å². The number of H-pyrrole nitrogens is 1. The fraction of sp³-hybridized carbons (Fsp3) is 0.304. The standard InChI is InChI=1S/C23H25ClN4O2/c1-15-16(2)26-21-7-6-17(12-20(15)21)23(30)25-14-22(29)28-10-8-27(9-11-28)19-5-3-4-18(24)13-19/h3-7,12-13,26H,8-11,14H2,1-2H3,(H,25,30). The molecule has 156 valence electrons. The van der Waals surface area contributed by atoms with E-state index in [4.69, 9.17) is 11.6 Å².